The number of aliphatic hydroxyl groups excluding tert-OH is 1. The van der Waals surface area contributed by atoms with Crippen LogP contribution in [0.4, 0.5) is 0 Å². The molecule has 2 aromatic heterocycles. The monoisotopic (exact) mass is 353 g/mol. The van der Waals surface area contributed by atoms with Crippen LogP contribution in [0.1, 0.15) is 37.3 Å². The number of rotatable bonds is 5. The van der Waals surface area contributed by atoms with E-state index in [1.54, 1.807) is 17.8 Å². The first-order chi connectivity index (χ1) is 11.3. The van der Waals surface area contributed by atoms with E-state index in [4.69, 9.17) is 0 Å². The third-order valence-corrected chi connectivity index (χ3v) is 6.35. The van der Waals surface area contributed by atoms with Crippen molar-refractivity contribution in [2.75, 3.05) is 0 Å². The largest absolute Gasteiger partial charge is 0.389 e. The average Bonchev–Trinajstić information content (AvgIpc) is 3.20. The van der Waals surface area contributed by atoms with Gasteiger partial charge in [-0.1, -0.05) is 0 Å². The molecule has 3 rings (SSSR count). The molecule has 132 valence electrons. The molecule has 0 amide bonds. The molecular weight excluding hydrogens is 330 g/mol. The van der Waals surface area contributed by atoms with Crippen LogP contribution in [0.3, 0.4) is 0 Å². The third kappa shape index (κ3) is 2.87. The van der Waals surface area contributed by atoms with Crippen molar-refractivity contribution in [1.29, 1.82) is 0 Å². The van der Waals surface area contributed by atoms with E-state index < -0.39 is 22.2 Å². The lowest BCUT2D eigenvalue weighted by atomic mass is 10.2. The second kappa shape index (κ2) is 6.30. The number of aliphatic hydroxyl groups is 1. The molecule has 0 bridgehead atoms. The quantitative estimate of drug-likeness (QED) is 0.826. The molecule has 1 fully saturated rings. The Bertz CT molecular complexity index is 826. The highest BCUT2D eigenvalue weighted by Gasteiger charge is 2.39. The van der Waals surface area contributed by atoms with Gasteiger partial charge in [0.2, 0.25) is 10.0 Å². The topological polar surface area (TPSA) is 102 Å². The van der Waals surface area contributed by atoms with Gasteiger partial charge in [0, 0.05) is 18.9 Å². The van der Waals surface area contributed by atoms with Crippen LogP contribution >= 0.6 is 0 Å². The maximum atomic E-state index is 12.6. The van der Waals surface area contributed by atoms with Crippen LogP contribution < -0.4 is 4.72 Å². The lowest BCUT2D eigenvalue weighted by molar-refractivity contribution is 0.116. The van der Waals surface area contributed by atoms with Gasteiger partial charge in [0.15, 0.2) is 0 Å². The maximum Gasteiger partial charge on any atom is 0.244 e. The van der Waals surface area contributed by atoms with Crippen LogP contribution in [-0.4, -0.2) is 45.0 Å². The molecule has 0 aliphatic heterocycles. The summed E-state index contributed by atoms with van der Waals surface area (Å²) in [6.45, 7) is 6.11. The summed E-state index contributed by atoms with van der Waals surface area (Å²) in [7, 11) is -3.72. The number of imidazole rings is 1. The van der Waals surface area contributed by atoms with Gasteiger partial charge in [0.25, 0.3) is 0 Å². The lowest BCUT2D eigenvalue weighted by Gasteiger charge is -2.22. The van der Waals surface area contributed by atoms with Gasteiger partial charge in [0.05, 0.1) is 30.1 Å². The van der Waals surface area contributed by atoms with Crippen LogP contribution in [0.25, 0.3) is 0 Å². The number of aromatic nitrogens is 4. The van der Waals surface area contributed by atoms with Crippen LogP contribution in [0.2, 0.25) is 0 Å². The molecule has 3 atom stereocenters. The number of sulfonamides is 1. The van der Waals surface area contributed by atoms with Gasteiger partial charge >= 0.3 is 0 Å². The van der Waals surface area contributed by atoms with Crippen molar-refractivity contribution < 1.29 is 13.5 Å². The molecular formula is C15H23N5O3S. The molecule has 0 aromatic carbocycles. The van der Waals surface area contributed by atoms with Gasteiger partial charge in [-0.25, -0.2) is 18.1 Å². The van der Waals surface area contributed by atoms with Crippen LogP contribution in [-0.2, 0) is 16.6 Å². The molecule has 2 heterocycles. The molecule has 24 heavy (non-hydrogen) atoms. The molecule has 2 aromatic rings. The Morgan fingerprint density at radius 3 is 2.71 bits per heavy atom. The second-order valence-corrected chi connectivity index (χ2v) is 7.84. The minimum atomic E-state index is -3.72. The van der Waals surface area contributed by atoms with Crippen LogP contribution in [0, 0.1) is 13.8 Å². The van der Waals surface area contributed by atoms with Crippen molar-refractivity contribution in [1.82, 2.24) is 24.1 Å². The summed E-state index contributed by atoms with van der Waals surface area (Å²) in [6.07, 6.45) is 5.33. The molecule has 9 heteroatoms. The smallest absolute Gasteiger partial charge is 0.244 e. The van der Waals surface area contributed by atoms with E-state index in [1.807, 2.05) is 24.6 Å². The molecule has 1 aliphatic rings. The summed E-state index contributed by atoms with van der Waals surface area (Å²) in [5.41, 5.74) is 0.597. The van der Waals surface area contributed by atoms with Gasteiger partial charge in [-0.05, 0) is 33.6 Å². The van der Waals surface area contributed by atoms with E-state index in [9.17, 15) is 13.5 Å². The minimum Gasteiger partial charge on any atom is -0.389 e. The summed E-state index contributed by atoms with van der Waals surface area (Å²) in [5.74, 6) is 0.808. The Kier molecular flexibility index (Phi) is 4.50. The summed E-state index contributed by atoms with van der Waals surface area (Å²) in [5, 5.41) is 14.7. The molecule has 1 aliphatic carbocycles. The van der Waals surface area contributed by atoms with Gasteiger partial charge in [0.1, 0.15) is 10.7 Å². The highest BCUT2D eigenvalue weighted by atomic mass is 32.2. The maximum absolute atomic E-state index is 12.6. The van der Waals surface area contributed by atoms with Crippen molar-refractivity contribution in [3.63, 3.8) is 0 Å². The zero-order chi connectivity index (χ0) is 17.5. The molecule has 0 unspecified atom stereocenters. The molecule has 2 N–H and O–H groups in total. The number of nitrogens with one attached hydrogen (secondary N) is 1. The summed E-state index contributed by atoms with van der Waals surface area (Å²) in [4.78, 5) is 4.33. The number of hydrogen-bond acceptors (Lipinski definition) is 5. The zero-order valence-electron chi connectivity index (χ0n) is 14.0. The van der Waals surface area contributed by atoms with Crippen LogP contribution in [0.15, 0.2) is 23.5 Å². The third-order valence-electron chi connectivity index (χ3n) is 4.75. The average molecular weight is 353 g/mol. The SMILES string of the molecule is CCn1ncc(S(=O)(=O)N[C@@H]2CC[C@@H](n3ccnc3C)[C@@H]2O)c1C. The lowest BCUT2D eigenvalue weighted by Crippen LogP contribution is -2.42. The summed E-state index contributed by atoms with van der Waals surface area (Å²) < 4.78 is 31.5. The van der Waals surface area contributed by atoms with Crippen molar-refractivity contribution in [3.8, 4) is 0 Å². The van der Waals surface area contributed by atoms with E-state index in [0.29, 0.717) is 25.1 Å². The standard InChI is InChI=1S/C15H23N5O3S/c1-4-20-10(2)14(9-17-20)24(22,23)18-12-5-6-13(15(12)21)19-8-7-16-11(19)3/h7-9,12-13,15,18,21H,4-6H2,1-3H3/t12-,13-,15-/m1/s1. The number of nitrogens with zero attached hydrogens (tertiary/aromatic N) is 4. The molecule has 0 spiro atoms. The predicted molar refractivity (Wildman–Crippen MR) is 88.0 cm³/mol. The predicted octanol–water partition coefficient (Wildman–Crippen LogP) is 0.759. The van der Waals surface area contributed by atoms with Gasteiger partial charge < -0.3 is 9.67 Å². The Hall–Kier alpha value is -1.71. The van der Waals surface area contributed by atoms with Crippen molar-refractivity contribution in [2.24, 2.45) is 0 Å². The second-order valence-electron chi connectivity index (χ2n) is 6.15. The minimum absolute atomic E-state index is 0.166. The van der Waals surface area contributed by atoms with Crippen LogP contribution in [0.5, 0.6) is 0 Å². The Morgan fingerprint density at radius 1 is 1.38 bits per heavy atom. The highest BCUT2D eigenvalue weighted by molar-refractivity contribution is 7.89. The normalized spacial score (nSPS) is 24.6. The number of hydrogen-bond donors (Lipinski definition) is 2. The highest BCUT2D eigenvalue weighted by Crippen LogP contribution is 2.32. The van der Waals surface area contributed by atoms with Crippen molar-refractivity contribution in [2.45, 2.75) is 63.2 Å². The van der Waals surface area contributed by atoms with Crippen molar-refractivity contribution >= 4 is 10.0 Å². The molecule has 8 nitrogen and oxygen atoms in total. The molecule has 0 saturated heterocycles. The molecule has 0 radical (unpaired) electrons. The Labute approximate surface area is 141 Å². The van der Waals surface area contributed by atoms with Gasteiger partial charge in [-0.2, -0.15) is 5.10 Å². The van der Waals surface area contributed by atoms with Gasteiger partial charge in [-0.3, -0.25) is 4.68 Å². The van der Waals surface area contributed by atoms with E-state index in [1.165, 1.54) is 6.20 Å². The Balaban J connectivity index is 1.78. The first-order valence-corrected chi connectivity index (χ1v) is 9.55. The summed E-state index contributed by atoms with van der Waals surface area (Å²) in [6, 6.07) is -0.689. The van der Waals surface area contributed by atoms with E-state index in [0.717, 1.165) is 5.82 Å². The van der Waals surface area contributed by atoms with E-state index in [-0.39, 0.29) is 10.9 Å². The first-order valence-electron chi connectivity index (χ1n) is 8.07. The van der Waals surface area contributed by atoms with E-state index >= 15 is 0 Å². The fraction of sp³-hybridized carbons (Fsp3) is 0.600. The van der Waals surface area contributed by atoms with Crippen molar-refractivity contribution in [3.05, 3.63) is 30.1 Å². The molecule has 1 saturated carbocycles. The van der Waals surface area contributed by atoms with Gasteiger partial charge in [-0.15, -0.1) is 0 Å². The fourth-order valence-corrected chi connectivity index (χ4v) is 4.87. The Morgan fingerprint density at radius 2 is 2.12 bits per heavy atom. The zero-order valence-corrected chi connectivity index (χ0v) is 14.9. The number of aryl methyl sites for hydroxylation is 2. The first kappa shape index (κ1) is 17.1. The fourth-order valence-electron chi connectivity index (χ4n) is 3.41. The summed E-state index contributed by atoms with van der Waals surface area (Å²) >= 11 is 0. The van der Waals surface area contributed by atoms with E-state index in [2.05, 4.69) is 14.8 Å².